The van der Waals surface area contributed by atoms with Crippen LogP contribution in [0.5, 0.6) is 0 Å². The molecule has 3 aromatic rings. The Morgan fingerprint density at radius 3 is 2.55 bits per heavy atom. The van der Waals surface area contributed by atoms with E-state index in [-0.39, 0.29) is 11.9 Å². The van der Waals surface area contributed by atoms with E-state index in [1.54, 1.807) is 17.2 Å². The third-order valence-electron chi connectivity index (χ3n) is 6.37. The van der Waals surface area contributed by atoms with Crippen LogP contribution in [0.3, 0.4) is 0 Å². The predicted octanol–water partition coefficient (Wildman–Crippen LogP) is 2.78. The maximum atomic E-state index is 13.1. The molecule has 2 atom stereocenters. The maximum absolute atomic E-state index is 13.1. The van der Waals surface area contributed by atoms with Gasteiger partial charge in [-0.2, -0.15) is 0 Å². The van der Waals surface area contributed by atoms with Gasteiger partial charge < -0.3 is 10.0 Å². The highest BCUT2D eigenvalue weighted by atomic mass is 16.3. The topological polar surface area (TPSA) is 69.6 Å². The molecule has 0 radical (unpaired) electrons. The van der Waals surface area contributed by atoms with Crippen LogP contribution in [0.4, 0.5) is 0 Å². The molecule has 3 heterocycles. The Morgan fingerprint density at radius 2 is 1.74 bits per heavy atom. The van der Waals surface area contributed by atoms with Crippen LogP contribution in [0.2, 0.25) is 0 Å². The lowest BCUT2D eigenvalue weighted by atomic mass is 9.94. The summed E-state index contributed by atoms with van der Waals surface area (Å²) < 4.78 is 0. The van der Waals surface area contributed by atoms with Gasteiger partial charge in [-0.15, -0.1) is 0 Å². The van der Waals surface area contributed by atoms with Crippen molar-refractivity contribution in [2.45, 2.75) is 31.5 Å². The second-order valence-electron chi connectivity index (χ2n) is 8.30. The third kappa shape index (κ3) is 4.09. The first-order chi connectivity index (χ1) is 15.2. The lowest BCUT2D eigenvalue weighted by Crippen LogP contribution is -2.56. The number of carbonyl (C=O) groups is 1. The highest BCUT2D eigenvalue weighted by molar-refractivity contribution is 5.92. The summed E-state index contributed by atoms with van der Waals surface area (Å²) in [4.78, 5) is 26.0. The monoisotopic (exact) mass is 414 g/mol. The summed E-state index contributed by atoms with van der Waals surface area (Å²) in [6, 6.07) is 19.9. The second-order valence-corrected chi connectivity index (χ2v) is 8.30. The zero-order valence-electron chi connectivity index (χ0n) is 17.4. The van der Waals surface area contributed by atoms with Crippen molar-refractivity contribution < 1.29 is 9.90 Å². The summed E-state index contributed by atoms with van der Waals surface area (Å²) in [5, 5.41) is 10.9. The van der Waals surface area contributed by atoms with E-state index in [4.69, 9.17) is 0 Å². The van der Waals surface area contributed by atoms with E-state index in [0.29, 0.717) is 24.6 Å². The van der Waals surface area contributed by atoms with Crippen molar-refractivity contribution >= 4 is 5.91 Å². The largest absolute Gasteiger partial charge is 0.390 e. The van der Waals surface area contributed by atoms with Crippen LogP contribution in [0.15, 0.2) is 66.9 Å². The molecule has 1 N–H and O–H groups in total. The van der Waals surface area contributed by atoms with Crippen molar-refractivity contribution in [1.82, 2.24) is 19.8 Å². The molecule has 0 unspecified atom stereocenters. The Kier molecular flexibility index (Phi) is 5.49. The average Bonchev–Trinajstić information content (AvgIpc) is 2.84. The number of β-amino-alcohol motifs (C(OH)–C–C–N with tert-alkyl or cyclic N) is 1. The molecule has 2 aliphatic heterocycles. The molecule has 0 bridgehead atoms. The number of nitrogens with zero attached hydrogens (tertiary/aromatic N) is 4. The van der Waals surface area contributed by atoms with Gasteiger partial charge in [0, 0.05) is 44.0 Å². The standard InChI is InChI=1S/C25H26N4O2/c30-23-17-29(15-12-22(23)28-14-11-18-6-4-5-9-20(18)16-28)25(31)21-10-13-26-24(27-21)19-7-2-1-3-8-19/h1-10,13,22-23,30H,11-12,14-17H2/t22-,23-/m1/s1. The number of likely N-dealkylation sites (tertiary alicyclic amines) is 1. The summed E-state index contributed by atoms with van der Waals surface area (Å²) in [6.45, 7) is 2.74. The van der Waals surface area contributed by atoms with E-state index in [0.717, 1.165) is 31.5 Å². The van der Waals surface area contributed by atoms with Gasteiger partial charge in [0.2, 0.25) is 0 Å². The summed E-state index contributed by atoms with van der Waals surface area (Å²) in [6.07, 6.45) is 2.81. The molecule has 1 fully saturated rings. The van der Waals surface area contributed by atoms with Gasteiger partial charge in [-0.05, 0) is 30.0 Å². The molecular weight excluding hydrogens is 388 g/mol. The van der Waals surface area contributed by atoms with Crippen LogP contribution in [0.1, 0.15) is 28.0 Å². The first-order valence-electron chi connectivity index (χ1n) is 10.9. The number of aliphatic hydroxyl groups excluding tert-OH is 1. The number of carbonyl (C=O) groups excluding carboxylic acids is 1. The highest BCUT2D eigenvalue weighted by Gasteiger charge is 2.35. The minimum Gasteiger partial charge on any atom is -0.390 e. The Bertz CT molecular complexity index is 1070. The Labute approximate surface area is 182 Å². The van der Waals surface area contributed by atoms with Gasteiger partial charge >= 0.3 is 0 Å². The van der Waals surface area contributed by atoms with E-state index in [1.165, 1.54) is 11.1 Å². The van der Waals surface area contributed by atoms with Gasteiger partial charge in [-0.1, -0.05) is 54.6 Å². The normalized spacial score (nSPS) is 21.5. The van der Waals surface area contributed by atoms with E-state index < -0.39 is 6.10 Å². The van der Waals surface area contributed by atoms with E-state index >= 15 is 0 Å². The molecule has 1 saturated heterocycles. The Morgan fingerprint density at radius 1 is 0.968 bits per heavy atom. The second kappa shape index (κ2) is 8.57. The SMILES string of the molecule is O=C(c1ccnc(-c2ccccc2)n1)N1CC[C@@H](N2CCc3ccccc3C2)[C@H](O)C1. The molecule has 6 nitrogen and oxygen atoms in total. The number of hydrogen-bond acceptors (Lipinski definition) is 5. The molecule has 0 saturated carbocycles. The fourth-order valence-corrected chi connectivity index (χ4v) is 4.70. The van der Waals surface area contributed by atoms with Gasteiger partial charge in [0.05, 0.1) is 6.10 Å². The Balaban J connectivity index is 1.26. The highest BCUT2D eigenvalue weighted by Crippen LogP contribution is 2.26. The van der Waals surface area contributed by atoms with Crippen molar-refractivity contribution in [3.63, 3.8) is 0 Å². The number of piperidine rings is 1. The fourth-order valence-electron chi connectivity index (χ4n) is 4.70. The number of amides is 1. The van der Waals surface area contributed by atoms with Crippen molar-refractivity contribution in [3.8, 4) is 11.4 Å². The first-order valence-corrected chi connectivity index (χ1v) is 10.9. The predicted molar refractivity (Wildman–Crippen MR) is 118 cm³/mol. The maximum Gasteiger partial charge on any atom is 0.272 e. The van der Waals surface area contributed by atoms with Gasteiger partial charge in [-0.25, -0.2) is 9.97 Å². The lowest BCUT2D eigenvalue weighted by Gasteiger charge is -2.43. The van der Waals surface area contributed by atoms with E-state index in [9.17, 15) is 9.90 Å². The zero-order chi connectivity index (χ0) is 21.2. The van der Waals surface area contributed by atoms with Crippen molar-refractivity contribution in [2.75, 3.05) is 19.6 Å². The van der Waals surface area contributed by atoms with Crippen LogP contribution in [-0.4, -0.2) is 62.6 Å². The van der Waals surface area contributed by atoms with Crippen LogP contribution in [-0.2, 0) is 13.0 Å². The number of benzene rings is 2. The quantitative estimate of drug-likeness (QED) is 0.714. The number of aromatic nitrogens is 2. The third-order valence-corrected chi connectivity index (χ3v) is 6.37. The zero-order valence-corrected chi connectivity index (χ0v) is 17.4. The average molecular weight is 415 g/mol. The molecule has 0 aliphatic carbocycles. The summed E-state index contributed by atoms with van der Waals surface area (Å²) in [5.74, 6) is 0.384. The minimum absolute atomic E-state index is 0.0719. The molecule has 6 heteroatoms. The molecule has 5 rings (SSSR count). The van der Waals surface area contributed by atoms with Crippen LogP contribution < -0.4 is 0 Å². The summed E-state index contributed by atoms with van der Waals surface area (Å²) in [5.41, 5.74) is 3.99. The molecular formula is C25H26N4O2. The van der Waals surface area contributed by atoms with Crippen molar-refractivity contribution in [3.05, 3.63) is 83.7 Å². The lowest BCUT2D eigenvalue weighted by molar-refractivity contribution is -0.0139. The molecule has 2 aliphatic rings. The summed E-state index contributed by atoms with van der Waals surface area (Å²) in [7, 11) is 0. The molecule has 1 amide bonds. The van der Waals surface area contributed by atoms with Gasteiger partial charge in [-0.3, -0.25) is 9.69 Å². The van der Waals surface area contributed by atoms with Gasteiger partial charge in [0.15, 0.2) is 5.82 Å². The number of aliphatic hydroxyl groups is 1. The number of hydrogen-bond donors (Lipinski definition) is 1. The number of rotatable bonds is 3. The van der Waals surface area contributed by atoms with E-state index in [2.05, 4.69) is 39.1 Å². The van der Waals surface area contributed by atoms with Crippen molar-refractivity contribution in [2.24, 2.45) is 0 Å². The number of fused-ring (bicyclic) bond motifs is 1. The van der Waals surface area contributed by atoms with Gasteiger partial charge in [0.25, 0.3) is 5.91 Å². The van der Waals surface area contributed by atoms with Crippen LogP contribution in [0, 0.1) is 0 Å². The van der Waals surface area contributed by atoms with Crippen LogP contribution in [0.25, 0.3) is 11.4 Å². The molecule has 2 aromatic carbocycles. The first kappa shape index (κ1) is 19.8. The fraction of sp³-hybridized carbons (Fsp3) is 0.320. The molecule has 158 valence electrons. The van der Waals surface area contributed by atoms with Crippen molar-refractivity contribution in [1.29, 1.82) is 0 Å². The van der Waals surface area contributed by atoms with E-state index in [1.807, 2.05) is 30.3 Å². The minimum atomic E-state index is -0.571. The molecule has 31 heavy (non-hydrogen) atoms. The van der Waals surface area contributed by atoms with Crippen LogP contribution >= 0.6 is 0 Å². The molecule has 1 aromatic heterocycles. The molecule has 0 spiro atoms. The Hall–Kier alpha value is -3.09. The van der Waals surface area contributed by atoms with Gasteiger partial charge in [0.1, 0.15) is 5.69 Å². The smallest absolute Gasteiger partial charge is 0.272 e. The summed E-state index contributed by atoms with van der Waals surface area (Å²) >= 11 is 0.